The molecule has 7 aromatic carbocycles. The molecule has 7 aromatic rings. The predicted molar refractivity (Wildman–Crippen MR) is 229 cm³/mol. The average Bonchev–Trinajstić information content (AvgIpc) is 3.28. The molecule has 0 fully saturated rings. The zero-order chi connectivity index (χ0) is 40.4. The van der Waals surface area contributed by atoms with Gasteiger partial charge in [-0.05, 0) is 91.0 Å². The molecule has 57 heavy (non-hydrogen) atoms. The van der Waals surface area contributed by atoms with E-state index in [4.69, 9.17) is 47.0 Å². The van der Waals surface area contributed by atoms with E-state index in [0.29, 0.717) is 5.02 Å². The zero-order valence-corrected chi connectivity index (χ0v) is 35.0. The number of hydroxylamine groups is 1. The summed E-state index contributed by atoms with van der Waals surface area (Å²) in [6, 6.07) is 69.6. The minimum absolute atomic E-state index is 0. The van der Waals surface area contributed by atoms with Gasteiger partial charge in [-0.3, -0.25) is 5.21 Å². The van der Waals surface area contributed by atoms with Crippen molar-refractivity contribution in [1.82, 2.24) is 4.17 Å². The molecule has 0 aliphatic heterocycles. The van der Waals surface area contributed by atoms with Crippen LogP contribution in [0.15, 0.2) is 200 Å². The molecule has 0 saturated heterocycles. The van der Waals surface area contributed by atoms with Gasteiger partial charge in [0, 0.05) is 19.5 Å². The quantitative estimate of drug-likeness (QED) is 0.0316. The van der Waals surface area contributed by atoms with Crippen LogP contribution in [0.5, 0.6) is 0 Å². The van der Waals surface area contributed by atoms with Crippen molar-refractivity contribution in [2.24, 2.45) is 0 Å². The topological polar surface area (TPSA) is 115 Å². The Labute approximate surface area is 355 Å². The third-order valence-corrected chi connectivity index (χ3v) is 17.5. The largest absolute Gasteiger partial charge is 0.301 e. The molecule has 287 valence electrons. The van der Waals surface area contributed by atoms with Crippen molar-refractivity contribution in [1.29, 1.82) is 0 Å². The Bertz CT molecular complexity index is 2130. The number of amides is 1. The molecule has 12 heteroatoms. The summed E-state index contributed by atoms with van der Waals surface area (Å²) in [4.78, 5) is 10.3. The molecule has 0 atom stereocenters. The van der Waals surface area contributed by atoms with E-state index < -0.39 is 20.2 Å². The molecular formula is C45H35Cl2N2O5P2Rh+. The average molecular weight is 920 g/mol. The molecule has 0 aliphatic rings. The smallest absolute Gasteiger partial charge is 0.148 e. The van der Waals surface area contributed by atoms with Crippen molar-refractivity contribution in [3.63, 3.8) is 0 Å². The minimum atomic E-state index is -2.50. The van der Waals surface area contributed by atoms with Gasteiger partial charge in [0.1, 0.15) is 0 Å². The number of benzene rings is 7. The van der Waals surface area contributed by atoms with Crippen molar-refractivity contribution in [3.8, 4) is 0 Å². The molecule has 0 spiro atoms. The maximum atomic E-state index is 10.3. The number of carbonyl (C=O) groups is 1. The van der Waals surface area contributed by atoms with Crippen LogP contribution in [0.4, 0.5) is 10.5 Å². The molecule has 1 amide bonds. The van der Waals surface area contributed by atoms with Crippen molar-refractivity contribution in [2.45, 2.75) is 0 Å². The van der Waals surface area contributed by atoms with E-state index in [9.17, 15) is 4.79 Å². The van der Waals surface area contributed by atoms with E-state index in [-0.39, 0.29) is 35.3 Å². The first-order valence-electron chi connectivity index (χ1n) is 16.8. The van der Waals surface area contributed by atoms with Crippen LogP contribution in [-0.2, 0) is 28.8 Å². The zero-order valence-electron chi connectivity index (χ0n) is 30.0. The van der Waals surface area contributed by atoms with Crippen LogP contribution >= 0.6 is 37.3 Å². The Kier molecular flexibility index (Phi) is 19.0. The fraction of sp³-hybridized carbons (Fsp3) is 0. The van der Waals surface area contributed by atoms with Gasteiger partial charge >= 0.3 is 42.8 Å². The maximum absolute atomic E-state index is 10.3. The molecule has 0 unspecified atom stereocenters. The van der Waals surface area contributed by atoms with Crippen molar-refractivity contribution in [2.75, 3.05) is 5.06 Å². The van der Waals surface area contributed by atoms with Gasteiger partial charge in [0.2, 0.25) is 0 Å². The molecule has 2 N–H and O–H groups in total. The second-order valence-electron chi connectivity index (χ2n) is 11.6. The first-order valence-corrected chi connectivity index (χ1v) is 21.0. The number of anilines is 1. The molecule has 7 nitrogen and oxygen atoms in total. The van der Waals surface area contributed by atoms with E-state index in [2.05, 4.69) is 195 Å². The fourth-order valence-corrected chi connectivity index (χ4v) is 15.8. The maximum Gasteiger partial charge on any atom is 0.301 e. The summed E-state index contributed by atoms with van der Waals surface area (Å²) in [6.45, 7) is 9.00. The van der Waals surface area contributed by atoms with E-state index in [1.54, 1.807) is 0 Å². The monoisotopic (exact) mass is 918 g/mol. The van der Waals surface area contributed by atoms with Gasteiger partial charge in [0.15, 0.2) is 0 Å². The van der Waals surface area contributed by atoms with Gasteiger partial charge in [0.25, 0.3) is 0 Å². The second-order valence-corrected chi connectivity index (χ2v) is 18.7. The van der Waals surface area contributed by atoms with Crippen LogP contribution in [0.2, 0.25) is 10.0 Å². The molecular weight excluding hydrogens is 884 g/mol. The van der Waals surface area contributed by atoms with Crippen LogP contribution in [0.25, 0.3) is 0 Å². The van der Waals surface area contributed by atoms with Crippen LogP contribution < -0.4 is 41.1 Å². The van der Waals surface area contributed by atoms with Crippen molar-refractivity contribution >= 4 is 80.9 Å². The summed E-state index contributed by atoms with van der Waals surface area (Å²) in [5.41, 5.74) is 0.0434. The first kappa shape index (κ1) is 46.4. The Morgan fingerprint density at radius 2 is 0.719 bits per heavy atom. The molecule has 1 radical (unpaired) electrons. The second kappa shape index (κ2) is 23.3. The molecule has 7 rings (SSSR count). The van der Waals surface area contributed by atoms with Crippen LogP contribution in [0, 0.1) is 13.3 Å². The number of halogens is 2. The third kappa shape index (κ3) is 10.9. The standard InChI is InChI=1S/C36H30NP2.C7H5Cl2NO3.2CO.Rh/c1-7-19-31(20-8-1)38(32-21-9-2-10-22-32,33-23-11-3-12-24-33)37-39(34-25-13-4-14-26-34,35-27-15-5-16-28-35)36-29-17-6-18-30-36;8-5-2-1-4(3-6(5)9)10(13)7(11)12;2*1-2;/h1-30H;1-3,13H,(H,11,12);;;/q+1;;;;. The van der Waals surface area contributed by atoms with Crippen molar-refractivity contribution < 1.29 is 43.9 Å². The molecule has 0 aromatic heterocycles. The van der Waals surface area contributed by atoms with E-state index >= 15 is 0 Å². The Hall–Kier alpha value is -4.98. The van der Waals surface area contributed by atoms with E-state index in [0.717, 1.165) is 0 Å². The van der Waals surface area contributed by atoms with Gasteiger partial charge < -0.3 is 5.11 Å². The van der Waals surface area contributed by atoms with Gasteiger partial charge in [-0.15, -0.1) is 4.17 Å². The summed E-state index contributed by atoms with van der Waals surface area (Å²) in [5.74, 6) is 0. The van der Waals surface area contributed by atoms with Gasteiger partial charge in [-0.2, -0.15) is 5.06 Å². The summed E-state index contributed by atoms with van der Waals surface area (Å²) in [7, 11) is -4.99. The van der Waals surface area contributed by atoms with Gasteiger partial charge in [0.05, 0.1) is 47.6 Å². The first-order chi connectivity index (χ1) is 27.4. The number of hydrogen-bond donors (Lipinski definition) is 2. The Balaban J connectivity index is 0.000000409. The van der Waals surface area contributed by atoms with E-state index in [1.807, 2.05) is 0 Å². The summed E-state index contributed by atoms with van der Waals surface area (Å²) in [5, 5.41) is 25.4. The Morgan fingerprint density at radius 3 is 0.930 bits per heavy atom. The predicted octanol–water partition coefficient (Wildman–Crippen LogP) is 9.20. The van der Waals surface area contributed by atoms with Crippen LogP contribution in [-0.4, -0.2) is 16.4 Å². The minimum Gasteiger partial charge on any atom is -0.148 e. The van der Waals surface area contributed by atoms with E-state index in [1.165, 1.54) is 50.0 Å². The molecule has 0 heterocycles. The summed E-state index contributed by atoms with van der Waals surface area (Å²) < 4.78 is 21.4. The van der Waals surface area contributed by atoms with Gasteiger partial charge in [-0.1, -0.05) is 132 Å². The molecule has 0 bridgehead atoms. The van der Waals surface area contributed by atoms with Crippen LogP contribution in [0.1, 0.15) is 0 Å². The molecule has 0 aliphatic carbocycles. The Morgan fingerprint density at radius 1 is 0.474 bits per heavy atom. The number of rotatable bonds is 7. The van der Waals surface area contributed by atoms with Gasteiger partial charge in [-0.25, -0.2) is 4.79 Å². The van der Waals surface area contributed by atoms with Crippen molar-refractivity contribution in [3.05, 3.63) is 224 Å². The fourth-order valence-electron chi connectivity index (χ4n) is 6.00. The SMILES string of the molecule is O=C(O)N(O)c1ccc(Cl)c(Cl)c1.[C-]#[O+].[C-]#[O+].[Rh].c1ccc(P(=[N+]=P(c2ccccc2)(c2ccccc2)c2ccccc2)(c2ccccc2)c2ccccc2)cc1. The molecule has 0 saturated carbocycles. The normalized spacial score (nSPS) is 10.2. The number of carboxylic acid groups (broad SMARTS) is 1. The number of hydrogen-bond acceptors (Lipinski definition) is 2. The summed E-state index contributed by atoms with van der Waals surface area (Å²) >= 11 is 11.2. The van der Waals surface area contributed by atoms with Crippen LogP contribution in [0.3, 0.4) is 0 Å². The summed E-state index contributed by atoms with van der Waals surface area (Å²) in [6.07, 6.45) is -1.49. The number of nitrogens with zero attached hydrogens (tertiary/aromatic N) is 2. The third-order valence-electron chi connectivity index (χ3n) is 8.38.